The van der Waals surface area contributed by atoms with E-state index in [9.17, 15) is 19.1 Å². The van der Waals surface area contributed by atoms with E-state index in [2.05, 4.69) is 20.9 Å². The van der Waals surface area contributed by atoms with Crippen molar-refractivity contribution < 1.29 is 18.6 Å². The van der Waals surface area contributed by atoms with Gasteiger partial charge in [-0.2, -0.15) is 5.26 Å². The summed E-state index contributed by atoms with van der Waals surface area (Å²) in [5, 5.41) is 19.0. The fourth-order valence-electron chi connectivity index (χ4n) is 3.57. The van der Waals surface area contributed by atoms with Crippen molar-refractivity contribution in [2.24, 2.45) is 0 Å². The standard InChI is InChI=1S/C20H22F2N4O2/c1-28-20-16(11-23)19(4-6-24-20)26-8-7-25(15(13-26)5-9-27)12-14-2-3-17(21)18(22)10-14/h2-4,6,10,15,27H,5,7-9,12-13H2,1H3/t15-/m0/s1. The van der Waals surface area contributed by atoms with E-state index in [0.717, 1.165) is 11.8 Å². The first-order chi connectivity index (χ1) is 13.6. The van der Waals surface area contributed by atoms with Crippen molar-refractivity contribution in [2.45, 2.75) is 19.0 Å². The Morgan fingerprint density at radius 1 is 1.29 bits per heavy atom. The number of methoxy groups -OCH3 is 1. The van der Waals surface area contributed by atoms with Crippen LogP contribution in [0.5, 0.6) is 5.88 Å². The number of anilines is 1. The molecule has 0 aliphatic carbocycles. The van der Waals surface area contributed by atoms with Crippen molar-refractivity contribution in [3.05, 3.63) is 53.2 Å². The molecule has 0 unspecified atom stereocenters. The number of pyridine rings is 1. The third-order valence-electron chi connectivity index (χ3n) is 4.98. The minimum atomic E-state index is -0.865. The molecular weight excluding hydrogens is 366 g/mol. The third-order valence-corrected chi connectivity index (χ3v) is 4.98. The van der Waals surface area contributed by atoms with Gasteiger partial charge in [-0.25, -0.2) is 13.8 Å². The van der Waals surface area contributed by atoms with E-state index in [1.807, 2.05) is 0 Å². The summed E-state index contributed by atoms with van der Waals surface area (Å²) in [6.45, 7) is 2.36. The molecule has 0 radical (unpaired) electrons. The Balaban J connectivity index is 1.79. The largest absolute Gasteiger partial charge is 0.480 e. The van der Waals surface area contributed by atoms with Crippen LogP contribution in [-0.2, 0) is 6.54 Å². The average molecular weight is 388 g/mol. The van der Waals surface area contributed by atoms with E-state index < -0.39 is 11.6 Å². The molecule has 1 aliphatic rings. The van der Waals surface area contributed by atoms with Crippen LogP contribution in [-0.4, -0.2) is 54.4 Å². The first kappa shape index (κ1) is 20.0. The molecule has 1 saturated heterocycles. The molecule has 1 aromatic heterocycles. The number of aliphatic hydroxyl groups excluding tert-OH is 1. The van der Waals surface area contributed by atoms with Crippen molar-refractivity contribution in [2.75, 3.05) is 38.3 Å². The highest BCUT2D eigenvalue weighted by Crippen LogP contribution is 2.29. The molecule has 6 nitrogen and oxygen atoms in total. The molecule has 3 rings (SSSR count). The molecule has 1 aliphatic heterocycles. The monoisotopic (exact) mass is 388 g/mol. The van der Waals surface area contributed by atoms with Crippen molar-refractivity contribution >= 4 is 5.69 Å². The van der Waals surface area contributed by atoms with Gasteiger partial charge in [0, 0.05) is 45.0 Å². The SMILES string of the molecule is COc1nccc(N2CCN(Cc3ccc(F)c(F)c3)[C@@H](CCO)C2)c1C#N. The predicted octanol–water partition coefficient (Wildman–Crippen LogP) is 2.31. The Bertz CT molecular complexity index is 872. The van der Waals surface area contributed by atoms with Gasteiger partial charge in [-0.05, 0) is 30.2 Å². The van der Waals surface area contributed by atoms with E-state index in [0.29, 0.717) is 43.7 Å². The molecule has 1 fully saturated rings. The lowest BCUT2D eigenvalue weighted by molar-refractivity contribution is 0.135. The molecular formula is C20H22F2N4O2. The van der Waals surface area contributed by atoms with Crippen molar-refractivity contribution in [3.8, 4) is 11.9 Å². The van der Waals surface area contributed by atoms with Gasteiger partial charge in [0.2, 0.25) is 5.88 Å². The fourth-order valence-corrected chi connectivity index (χ4v) is 3.57. The number of rotatable bonds is 6. The van der Waals surface area contributed by atoms with Crippen molar-refractivity contribution in [3.63, 3.8) is 0 Å². The maximum atomic E-state index is 13.5. The van der Waals surface area contributed by atoms with E-state index in [-0.39, 0.29) is 18.5 Å². The second-order valence-corrected chi connectivity index (χ2v) is 6.66. The van der Waals surface area contributed by atoms with E-state index in [1.165, 1.54) is 13.2 Å². The maximum Gasteiger partial charge on any atom is 0.233 e. The first-order valence-corrected chi connectivity index (χ1v) is 9.04. The predicted molar refractivity (Wildman–Crippen MR) is 100.0 cm³/mol. The summed E-state index contributed by atoms with van der Waals surface area (Å²) in [5.74, 6) is -1.45. The molecule has 2 heterocycles. The number of benzene rings is 1. The minimum absolute atomic E-state index is 0.00225. The second-order valence-electron chi connectivity index (χ2n) is 6.66. The van der Waals surface area contributed by atoms with Crippen LogP contribution >= 0.6 is 0 Å². The van der Waals surface area contributed by atoms with Crippen LogP contribution < -0.4 is 9.64 Å². The molecule has 8 heteroatoms. The molecule has 148 valence electrons. The van der Waals surface area contributed by atoms with Gasteiger partial charge in [0.1, 0.15) is 11.6 Å². The Kier molecular flexibility index (Phi) is 6.39. The molecule has 0 bridgehead atoms. The Morgan fingerprint density at radius 3 is 2.79 bits per heavy atom. The summed E-state index contributed by atoms with van der Waals surface area (Å²) in [5.41, 5.74) is 1.80. The zero-order chi connectivity index (χ0) is 20.1. The zero-order valence-corrected chi connectivity index (χ0v) is 15.6. The average Bonchev–Trinajstić information content (AvgIpc) is 2.71. The number of hydrogen-bond acceptors (Lipinski definition) is 6. The van der Waals surface area contributed by atoms with Gasteiger partial charge >= 0.3 is 0 Å². The van der Waals surface area contributed by atoms with E-state index in [4.69, 9.17) is 4.74 Å². The molecule has 0 saturated carbocycles. The van der Waals surface area contributed by atoms with Crippen LogP contribution in [0.2, 0.25) is 0 Å². The summed E-state index contributed by atoms with van der Waals surface area (Å²) >= 11 is 0. The molecule has 28 heavy (non-hydrogen) atoms. The van der Waals surface area contributed by atoms with Gasteiger partial charge in [0.25, 0.3) is 0 Å². The number of aliphatic hydroxyl groups is 1. The summed E-state index contributed by atoms with van der Waals surface area (Å²) in [4.78, 5) is 8.29. The Labute approximate surface area is 162 Å². The van der Waals surface area contributed by atoms with Gasteiger partial charge in [0.05, 0.1) is 12.8 Å². The van der Waals surface area contributed by atoms with Gasteiger partial charge in [-0.3, -0.25) is 4.90 Å². The van der Waals surface area contributed by atoms with E-state index >= 15 is 0 Å². The number of hydrogen-bond donors (Lipinski definition) is 1. The van der Waals surface area contributed by atoms with Crippen LogP contribution in [0, 0.1) is 23.0 Å². The maximum absolute atomic E-state index is 13.5. The normalized spacial score (nSPS) is 17.4. The quantitative estimate of drug-likeness (QED) is 0.819. The highest BCUT2D eigenvalue weighted by atomic mass is 19.2. The lowest BCUT2D eigenvalue weighted by Crippen LogP contribution is -2.53. The summed E-state index contributed by atoms with van der Waals surface area (Å²) in [6, 6.07) is 7.84. The number of nitriles is 1. The van der Waals surface area contributed by atoms with Crippen molar-refractivity contribution in [1.29, 1.82) is 5.26 Å². The molecule has 1 aromatic carbocycles. The van der Waals surface area contributed by atoms with Crippen LogP contribution in [0.1, 0.15) is 17.5 Å². The molecule has 0 spiro atoms. The molecule has 0 amide bonds. The Morgan fingerprint density at radius 2 is 2.11 bits per heavy atom. The molecule has 1 N–H and O–H groups in total. The summed E-state index contributed by atoms with van der Waals surface area (Å²) in [6.07, 6.45) is 2.13. The van der Waals surface area contributed by atoms with Gasteiger partial charge in [0.15, 0.2) is 11.6 Å². The lowest BCUT2D eigenvalue weighted by atomic mass is 10.1. The lowest BCUT2D eigenvalue weighted by Gasteiger charge is -2.42. The second kappa shape index (κ2) is 8.95. The van der Waals surface area contributed by atoms with Gasteiger partial charge in [-0.1, -0.05) is 6.07 Å². The molecule has 2 aromatic rings. The highest BCUT2D eigenvalue weighted by Gasteiger charge is 2.29. The fraction of sp³-hybridized carbons (Fsp3) is 0.400. The topological polar surface area (TPSA) is 72.6 Å². The van der Waals surface area contributed by atoms with E-state index in [1.54, 1.807) is 18.3 Å². The van der Waals surface area contributed by atoms with Crippen LogP contribution in [0.4, 0.5) is 14.5 Å². The first-order valence-electron chi connectivity index (χ1n) is 9.04. The van der Waals surface area contributed by atoms with Crippen LogP contribution in [0.15, 0.2) is 30.5 Å². The smallest absolute Gasteiger partial charge is 0.233 e. The minimum Gasteiger partial charge on any atom is -0.480 e. The zero-order valence-electron chi connectivity index (χ0n) is 15.6. The number of halogens is 2. The number of aromatic nitrogens is 1. The number of ether oxygens (including phenoxy) is 1. The van der Waals surface area contributed by atoms with Crippen LogP contribution in [0.25, 0.3) is 0 Å². The van der Waals surface area contributed by atoms with Gasteiger partial charge in [-0.15, -0.1) is 0 Å². The highest BCUT2D eigenvalue weighted by molar-refractivity contribution is 5.63. The van der Waals surface area contributed by atoms with Gasteiger partial charge < -0.3 is 14.7 Å². The van der Waals surface area contributed by atoms with Crippen LogP contribution in [0.3, 0.4) is 0 Å². The number of nitrogens with zero attached hydrogens (tertiary/aromatic N) is 4. The van der Waals surface area contributed by atoms with Crippen molar-refractivity contribution in [1.82, 2.24) is 9.88 Å². The summed E-state index contributed by atoms with van der Waals surface area (Å²) in [7, 11) is 1.47. The number of piperazine rings is 1. The third kappa shape index (κ3) is 4.21. The Hall–Kier alpha value is -2.76. The summed E-state index contributed by atoms with van der Waals surface area (Å²) < 4.78 is 31.9. The molecule has 1 atom stereocenters.